The maximum absolute atomic E-state index is 13.9. The Hall–Kier alpha value is -3.00. The molecule has 0 aliphatic carbocycles. The number of hydrogen-bond donors (Lipinski definition) is 1. The number of hydrogen-bond acceptors (Lipinski definition) is 5. The van der Waals surface area contributed by atoms with Gasteiger partial charge in [-0.15, -0.1) is 11.3 Å². The van der Waals surface area contributed by atoms with Crippen LogP contribution >= 0.6 is 11.3 Å². The van der Waals surface area contributed by atoms with Crippen LogP contribution < -0.4 is 0 Å². The van der Waals surface area contributed by atoms with E-state index in [0.29, 0.717) is 6.54 Å². The molecule has 8 heteroatoms. The molecule has 0 unspecified atom stereocenters. The van der Waals surface area contributed by atoms with Crippen LogP contribution in [0.2, 0.25) is 0 Å². The van der Waals surface area contributed by atoms with Crippen LogP contribution in [0.25, 0.3) is 11.3 Å². The van der Waals surface area contributed by atoms with Gasteiger partial charge in [-0.05, 0) is 30.3 Å². The van der Waals surface area contributed by atoms with E-state index in [4.69, 9.17) is 9.52 Å². The van der Waals surface area contributed by atoms with Crippen LogP contribution in [0.3, 0.4) is 0 Å². The number of amides is 1. The van der Waals surface area contributed by atoms with Crippen LogP contribution in [0, 0.1) is 5.82 Å². The Morgan fingerprint density at radius 1 is 1.32 bits per heavy atom. The first-order valence-electron chi connectivity index (χ1n) is 7.20. The van der Waals surface area contributed by atoms with E-state index in [1.807, 2.05) is 5.38 Å². The quantitative estimate of drug-likeness (QED) is 0.753. The molecule has 128 valence electrons. The van der Waals surface area contributed by atoms with E-state index in [-0.39, 0.29) is 28.6 Å². The average molecular weight is 360 g/mol. The van der Waals surface area contributed by atoms with E-state index in [2.05, 4.69) is 4.98 Å². The minimum absolute atomic E-state index is 0.140. The summed E-state index contributed by atoms with van der Waals surface area (Å²) in [7, 11) is 1.60. The topological polar surface area (TPSA) is 83.6 Å². The van der Waals surface area contributed by atoms with E-state index in [1.165, 1.54) is 40.5 Å². The van der Waals surface area contributed by atoms with E-state index in [0.717, 1.165) is 11.8 Å². The van der Waals surface area contributed by atoms with E-state index in [1.54, 1.807) is 12.6 Å². The first-order valence-corrected chi connectivity index (χ1v) is 8.15. The molecule has 6 nitrogen and oxygen atoms in total. The molecule has 3 aromatic rings. The Morgan fingerprint density at radius 3 is 2.76 bits per heavy atom. The Labute approximate surface area is 146 Å². The first-order chi connectivity index (χ1) is 11.9. The van der Waals surface area contributed by atoms with Gasteiger partial charge in [0.15, 0.2) is 0 Å². The number of furan rings is 1. The van der Waals surface area contributed by atoms with Gasteiger partial charge in [-0.1, -0.05) is 0 Å². The zero-order valence-electron chi connectivity index (χ0n) is 13.1. The third-order valence-corrected chi connectivity index (χ3v) is 4.11. The standard InChI is InChI=1S/C17H13FN2O4S/c1-20(7-13-8-25-9-19-13)16(21)11-4-10(5-12(18)6-11)14-2-3-15(24-14)17(22)23/h2-6,8-9H,7H2,1H3,(H,22,23). The minimum atomic E-state index is -1.22. The van der Waals surface area contributed by atoms with Gasteiger partial charge in [0.1, 0.15) is 11.6 Å². The Morgan fingerprint density at radius 2 is 2.12 bits per heavy atom. The molecule has 0 aliphatic heterocycles. The van der Waals surface area contributed by atoms with Crippen LogP contribution in [-0.4, -0.2) is 33.9 Å². The van der Waals surface area contributed by atoms with Crippen molar-refractivity contribution in [3.63, 3.8) is 0 Å². The average Bonchev–Trinajstić information content (AvgIpc) is 3.25. The Bertz CT molecular complexity index is 921. The highest BCUT2D eigenvalue weighted by Crippen LogP contribution is 2.25. The number of aromatic nitrogens is 1. The van der Waals surface area contributed by atoms with Crippen molar-refractivity contribution in [3.8, 4) is 11.3 Å². The number of carboxylic acid groups (broad SMARTS) is 1. The van der Waals surface area contributed by atoms with Gasteiger partial charge in [-0.25, -0.2) is 14.2 Å². The molecule has 25 heavy (non-hydrogen) atoms. The molecule has 3 rings (SSSR count). The summed E-state index contributed by atoms with van der Waals surface area (Å²) in [6, 6.07) is 6.48. The number of carbonyl (C=O) groups is 2. The van der Waals surface area contributed by atoms with Gasteiger partial charge in [0.2, 0.25) is 5.76 Å². The molecule has 0 atom stereocenters. The summed E-state index contributed by atoms with van der Waals surface area (Å²) >= 11 is 1.43. The van der Waals surface area contributed by atoms with Gasteiger partial charge >= 0.3 is 5.97 Å². The van der Waals surface area contributed by atoms with Crippen LogP contribution in [0.5, 0.6) is 0 Å². The summed E-state index contributed by atoms with van der Waals surface area (Å²) in [5.41, 5.74) is 2.85. The van der Waals surface area contributed by atoms with Gasteiger partial charge in [-0.2, -0.15) is 0 Å². The number of carbonyl (C=O) groups excluding carboxylic acids is 1. The zero-order chi connectivity index (χ0) is 18.0. The molecular formula is C17H13FN2O4S. The lowest BCUT2D eigenvalue weighted by molar-refractivity contribution is 0.0662. The molecule has 2 aromatic heterocycles. The molecule has 0 saturated heterocycles. The lowest BCUT2D eigenvalue weighted by Crippen LogP contribution is -2.26. The van der Waals surface area contributed by atoms with Crippen molar-refractivity contribution in [1.29, 1.82) is 0 Å². The minimum Gasteiger partial charge on any atom is -0.475 e. The molecule has 0 radical (unpaired) electrons. The van der Waals surface area contributed by atoms with Crippen LogP contribution in [0.15, 0.2) is 45.6 Å². The number of rotatable bonds is 5. The molecule has 1 amide bonds. The van der Waals surface area contributed by atoms with Gasteiger partial charge in [0, 0.05) is 23.6 Å². The van der Waals surface area contributed by atoms with Gasteiger partial charge in [0.25, 0.3) is 5.91 Å². The first kappa shape index (κ1) is 16.8. The van der Waals surface area contributed by atoms with Crippen molar-refractivity contribution >= 4 is 23.2 Å². The lowest BCUT2D eigenvalue weighted by atomic mass is 10.1. The molecule has 0 saturated carbocycles. The highest BCUT2D eigenvalue weighted by atomic mass is 32.1. The second-order valence-corrected chi connectivity index (χ2v) is 6.06. The summed E-state index contributed by atoms with van der Waals surface area (Å²) < 4.78 is 19.1. The third-order valence-electron chi connectivity index (χ3n) is 3.48. The third kappa shape index (κ3) is 3.74. The van der Waals surface area contributed by atoms with Crippen LogP contribution in [0.4, 0.5) is 4.39 Å². The summed E-state index contributed by atoms with van der Waals surface area (Å²) in [4.78, 5) is 29.0. The predicted molar refractivity (Wildman–Crippen MR) is 89.0 cm³/mol. The maximum Gasteiger partial charge on any atom is 0.371 e. The lowest BCUT2D eigenvalue weighted by Gasteiger charge is -2.16. The van der Waals surface area contributed by atoms with Crippen molar-refractivity contribution in [3.05, 3.63) is 64.1 Å². The highest BCUT2D eigenvalue weighted by molar-refractivity contribution is 7.07. The van der Waals surface area contributed by atoms with Gasteiger partial charge < -0.3 is 14.4 Å². The van der Waals surface area contributed by atoms with Crippen molar-refractivity contribution in [2.24, 2.45) is 0 Å². The van der Waals surface area contributed by atoms with E-state index in [9.17, 15) is 14.0 Å². The molecular weight excluding hydrogens is 347 g/mol. The van der Waals surface area contributed by atoms with Gasteiger partial charge in [-0.3, -0.25) is 4.79 Å². The number of thiazole rings is 1. The fourth-order valence-corrected chi connectivity index (χ4v) is 2.86. The predicted octanol–water partition coefficient (Wildman–Crippen LogP) is 3.51. The smallest absolute Gasteiger partial charge is 0.371 e. The van der Waals surface area contributed by atoms with Crippen molar-refractivity contribution in [2.45, 2.75) is 6.54 Å². The van der Waals surface area contributed by atoms with E-state index >= 15 is 0 Å². The summed E-state index contributed by atoms with van der Waals surface area (Å²) in [5.74, 6) is -2.29. The summed E-state index contributed by atoms with van der Waals surface area (Å²) in [6.45, 7) is 0.304. The van der Waals surface area contributed by atoms with Crippen molar-refractivity contribution < 1.29 is 23.5 Å². The number of aromatic carboxylic acids is 1. The number of nitrogens with zero attached hydrogens (tertiary/aromatic N) is 2. The van der Waals surface area contributed by atoms with Crippen molar-refractivity contribution in [1.82, 2.24) is 9.88 Å². The molecule has 0 bridgehead atoms. The van der Waals surface area contributed by atoms with Crippen LogP contribution in [0.1, 0.15) is 26.6 Å². The summed E-state index contributed by atoms with van der Waals surface area (Å²) in [5, 5.41) is 10.7. The Balaban J connectivity index is 1.87. The molecule has 1 aromatic carbocycles. The normalized spacial score (nSPS) is 10.6. The number of carboxylic acids is 1. The second-order valence-electron chi connectivity index (χ2n) is 5.34. The number of benzene rings is 1. The molecule has 0 spiro atoms. The van der Waals surface area contributed by atoms with Crippen molar-refractivity contribution in [2.75, 3.05) is 7.05 Å². The fraction of sp³-hybridized carbons (Fsp3) is 0.118. The van der Waals surface area contributed by atoms with Crippen LogP contribution in [-0.2, 0) is 6.54 Å². The SMILES string of the molecule is CN(Cc1cscn1)C(=O)c1cc(F)cc(-c2ccc(C(=O)O)o2)c1. The van der Waals surface area contributed by atoms with E-state index < -0.39 is 11.8 Å². The number of halogens is 1. The highest BCUT2D eigenvalue weighted by Gasteiger charge is 2.17. The molecule has 0 fully saturated rings. The summed E-state index contributed by atoms with van der Waals surface area (Å²) in [6.07, 6.45) is 0. The Kier molecular flexibility index (Phi) is 4.62. The second kappa shape index (κ2) is 6.86. The zero-order valence-corrected chi connectivity index (χ0v) is 13.9. The molecule has 0 aliphatic rings. The monoisotopic (exact) mass is 360 g/mol. The molecule has 1 N–H and O–H groups in total. The largest absolute Gasteiger partial charge is 0.475 e. The molecule has 2 heterocycles. The fourth-order valence-electron chi connectivity index (χ4n) is 2.31. The van der Waals surface area contributed by atoms with Gasteiger partial charge in [0.05, 0.1) is 17.7 Å². The maximum atomic E-state index is 13.9.